The van der Waals surface area contributed by atoms with Gasteiger partial charge in [0, 0.05) is 15.7 Å². The molecule has 0 aliphatic carbocycles. The van der Waals surface area contributed by atoms with E-state index in [0.29, 0.717) is 22.0 Å². The van der Waals surface area contributed by atoms with Gasteiger partial charge in [0.1, 0.15) is 11.6 Å². The number of thiocarbonyl (C=S) groups is 1. The molecule has 0 unspecified atom stereocenters. The first-order valence-corrected chi connectivity index (χ1v) is 11.7. The van der Waals surface area contributed by atoms with Gasteiger partial charge in [-0.3, -0.25) is 0 Å². The molecule has 0 aliphatic heterocycles. The fraction of sp³-hybridized carbons (Fsp3) is 0. The van der Waals surface area contributed by atoms with Crippen LogP contribution in [0.3, 0.4) is 0 Å². The molecule has 0 fully saturated rings. The lowest BCUT2D eigenvalue weighted by atomic mass is 10.0. The van der Waals surface area contributed by atoms with E-state index in [-0.39, 0.29) is 0 Å². The van der Waals surface area contributed by atoms with Crippen LogP contribution in [0.2, 0.25) is 0 Å². The van der Waals surface area contributed by atoms with E-state index in [9.17, 15) is 5.26 Å². The molecule has 0 radical (unpaired) electrons. The van der Waals surface area contributed by atoms with Gasteiger partial charge in [-0.1, -0.05) is 76.6 Å². The Morgan fingerprint density at radius 3 is 2.12 bits per heavy atom. The highest BCUT2D eigenvalue weighted by atomic mass is 79.9. The number of aromatic nitrogens is 2. The molecule has 34 heavy (non-hydrogen) atoms. The van der Waals surface area contributed by atoms with Gasteiger partial charge < -0.3 is 10.6 Å². The molecule has 0 spiro atoms. The van der Waals surface area contributed by atoms with Gasteiger partial charge in [-0.15, -0.1) is 5.10 Å². The maximum atomic E-state index is 10.0. The molecule has 5 aromatic rings. The quantitative estimate of drug-likeness (QED) is 0.245. The van der Waals surface area contributed by atoms with Gasteiger partial charge in [0.25, 0.3) is 0 Å². The van der Waals surface area contributed by atoms with Crippen LogP contribution in [0.4, 0.5) is 11.5 Å². The molecule has 3 aromatic carbocycles. The third-order valence-electron chi connectivity index (χ3n) is 5.36. The number of fused-ring (bicyclic) bond motifs is 1. The summed E-state index contributed by atoms with van der Waals surface area (Å²) in [5, 5.41) is 21.4. The van der Waals surface area contributed by atoms with Gasteiger partial charge in [0.05, 0.1) is 11.2 Å². The van der Waals surface area contributed by atoms with Crippen LogP contribution < -0.4 is 10.6 Å². The molecular weight excluding hydrogens is 506 g/mol. The normalized spacial score (nSPS) is 10.6. The zero-order valence-corrected chi connectivity index (χ0v) is 20.3. The first-order chi connectivity index (χ1) is 16.6. The van der Waals surface area contributed by atoms with Crippen LogP contribution in [-0.4, -0.2) is 14.7 Å². The summed E-state index contributed by atoms with van der Waals surface area (Å²) in [6.07, 6.45) is 0. The fourth-order valence-corrected chi connectivity index (χ4v) is 4.24. The molecule has 0 aliphatic rings. The molecule has 0 bridgehead atoms. The van der Waals surface area contributed by atoms with Crippen molar-refractivity contribution in [2.45, 2.75) is 0 Å². The van der Waals surface area contributed by atoms with Crippen LogP contribution in [0.5, 0.6) is 0 Å². The third-order valence-corrected chi connectivity index (χ3v) is 6.09. The Morgan fingerprint density at radius 1 is 0.824 bits per heavy atom. The lowest BCUT2D eigenvalue weighted by molar-refractivity contribution is 0.975. The molecule has 0 saturated carbocycles. The second-order valence-electron chi connectivity index (χ2n) is 7.58. The monoisotopic (exact) mass is 523 g/mol. The number of benzene rings is 3. The van der Waals surface area contributed by atoms with Crippen LogP contribution in [0, 0.1) is 11.3 Å². The van der Waals surface area contributed by atoms with Gasteiger partial charge in [0.2, 0.25) is 0 Å². The van der Waals surface area contributed by atoms with Gasteiger partial charge in [-0.25, -0.2) is 4.52 Å². The maximum absolute atomic E-state index is 10.0. The molecule has 0 amide bonds. The lowest BCUT2D eigenvalue weighted by Crippen LogP contribution is -2.19. The van der Waals surface area contributed by atoms with E-state index in [2.05, 4.69) is 50.8 Å². The summed E-state index contributed by atoms with van der Waals surface area (Å²) in [7, 11) is 0. The van der Waals surface area contributed by atoms with E-state index in [1.165, 1.54) is 0 Å². The molecule has 2 aromatic heterocycles. The molecule has 7 heteroatoms. The van der Waals surface area contributed by atoms with Crippen molar-refractivity contribution in [2.24, 2.45) is 0 Å². The van der Waals surface area contributed by atoms with Crippen molar-refractivity contribution >= 4 is 50.3 Å². The van der Waals surface area contributed by atoms with Crippen molar-refractivity contribution in [3.8, 4) is 28.5 Å². The van der Waals surface area contributed by atoms with Crippen molar-refractivity contribution in [1.82, 2.24) is 9.61 Å². The Balaban J connectivity index is 1.60. The smallest absolute Gasteiger partial charge is 0.176 e. The van der Waals surface area contributed by atoms with Crippen molar-refractivity contribution < 1.29 is 0 Å². The van der Waals surface area contributed by atoms with E-state index in [1.54, 1.807) is 4.52 Å². The molecule has 5 rings (SSSR count). The number of hydrogen-bond acceptors (Lipinski definition) is 3. The minimum Gasteiger partial charge on any atom is -0.332 e. The highest BCUT2D eigenvalue weighted by molar-refractivity contribution is 9.10. The Bertz CT molecular complexity index is 1520. The Labute approximate surface area is 210 Å². The Morgan fingerprint density at radius 2 is 1.47 bits per heavy atom. The second kappa shape index (κ2) is 9.48. The van der Waals surface area contributed by atoms with Crippen LogP contribution >= 0.6 is 28.1 Å². The topological polar surface area (TPSA) is 65.2 Å². The maximum Gasteiger partial charge on any atom is 0.176 e. The molecule has 0 saturated heterocycles. The predicted molar refractivity (Wildman–Crippen MR) is 145 cm³/mol. The molecule has 2 heterocycles. The molecule has 0 atom stereocenters. The number of nitrogens with zero attached hydrogens (tertiary/aromatic N) is 3. The summed E-state index contributed by atoms with van der Waals surface area (Å²) in [6, 6.07) is 34.2. The molecule has 2 N–H and O–H groups in total. The van der Waals surface area contributed by atoms with Crippen molar-refractivity contribution in [3.63, 3.8) is 0 Å². The van der Waals surface area contributed by atoms with E-state index in [0.717, 1.165) is 32.5 Å². The van der Waals surface area contributed by atoms with Gasteiger partial charge in [0.15, 0.2) is 10.9 Å². The summed E-state index contributed by atoms with van der Waals surface area (Å²) >= 11 is 8.93. The largest absolute Gasteiger partial charge is 0.332 e. The van der Waals surface area contributed by atoms with Gasteiger partial charge in [-0.2, -0.15) is 5.26 Å². The summed E-state index contributed by atoms with van der Waals surface area (Å²) in [5.41, 5.74) is 5.92. The summed E-state index contributed by atoms with van der Waals surface area (Å²) in [5.74, 6) is 0.402. The molecule has 5 nitrogen and oxygen atoms in total. The van der Waals surface area contributed by atoms with Crippen molar-refractivity contribution in [1.29, 1.82) is 5.26 Å². The SMILES string of the molecule is N#Cc1c(NC(=S)Nc2ccc(Br)cc2)nn2c(-c3ccccc3)cc(-c3ccccc3)cc12. The highest BCUT2D eigenvalue weighted by Gasteiger charge is 2.18. The number of nitrogens with one attached hydrogen (secondary N) is 2. The van der Waals surface area contributed by atoms with Crippen LogP contribution in [0.25, 0.3) is 27.9 Å². The van der Waals surface area contributed by atoms with Crippen LogP contribution in [0.1, 0.15) is 5.56 Å². The average molecular weight is 524 g/mol. The summed E-state index contributed by atoms with van der Waals surface area (Å²) in [4.78, 5) is 0. The van der Waals surface area contributed by atoms with Gasteiger partial charge >= 0.3 is 0 Å². The Hall–Kier alpha value is -3.99. The van der Waals surface area contributed by atoms with E-state index in [4.69, 9.17) is 17.3 Å². The third kappa shape index (κ3) is 4.42. The van der Waals surface area contributed by atoms with Crippen molar-refractivity contribution in [3.05, 3.63) is 107 Å². The van der Waals surface area contributed by atoms with E-state index < -0.39 is 0 Å². The number of pyridine rings is 1. The van der Waals surface area contributed by atoms with Crippen LogP contribution in [-0.2, 0) is 0 Å². The number of hydrogen-bond donors (Lipinski definition) is 2. The average Bonchev–Trinajstić information content (AvgIpc) is 3.22. The van der Waals surface area contributed by atoms with Crippen molar-refractivity contribution in [2.75, 3.05) is 10.6 Å². The number of anilines is 2. The standard InChI is InChI=1S/C27H18BrN5S/c28-21-11-13-22(14-12-21)30-27(34)31-26-23(17-29)25-16-20(18-7-3-1-4-8-18)15-24(33(25)32-26)19-9-5-2-6-10-19/h1-16H,(H2,30,31,32,34). The lowest BCUT2D eigenvalue weighted by Gasteiger charge is -2.09. The van der Waals surface area contributed by atoms with E-state index in [1.807, 2.05) is 78.9 Å². The fourth-order valence-electron chi connectivity index (χ4n) is 3.76. The van der Waals surface area contributed by atoms with Crippen LogP contribution in [0.15, 0.2) is 102 Å². The summed E-state index contributed by atoms with van der Waals surface area (Å²) < 4.78 is 2.77. The number of nitriles is 1. The summed E-state index contributed by atoms with van der Waals surface area (Å²) in [6.45, 7) is 0. The Kier molecular flexibility index (Phi) is 6.09. The first kappa shape index (κ1) is 21.8. The van der Waals surface area contributed by atoms with E-state index >= 15 is 0 Å². The molecular formula is C27H18BrN5S. The zero-order valence-electron chi connectivity index (χ0n) is 17.9. The second-order valence-corrected chi connectivity index (χ2v) is 8.90. The minimum absolute atomic E-state index is 0.353. The number of rotatable bonds is 4. The predicted octanol–water partition coefficient (Wildman–Crippen LogP) is 7.11. The molecule has 164 valence electrons. The minimum atomic E-state index is 0.353. The number of halogens is 1. The first-order valence-electron chi connectivity index (χ1n) is 10.5. The highest BCUT2D eigenvalue weighted by Crippen LogP contribution is 2.32. The zero-order chi connectivity index (χ0) is 23.5. The van der Waals surface area contributed by atoms with Gasteiger partial charge in [-0.05, 0) is 59.7 Å².